The molecule has 0 unspecified atom stereocenters. The van der Waals surface area contributed by atoms with E-state index in [1.54, 1.807) is 5.56 Å². The van der Waals surface area contributed by atoms with Gasteiger partial charge >= 0.3 is 0 Å². The third-order valence-electron chi connectivity index (χ3n) is 4.02. The number of nitrogens with zero attached hydrogens (tertiary/aromatic N) is 1. The van der Waals surface area contributed by atoms with Gasteiger partial charge in [-0.3, -0.25) is 0 Å². The maximum Gasteiger partial charge on any atom is 0.0405 e. The molecule has 0 aromatic heterocycles. The fourth-order valence-electron chi connectivity index (χ4n) is 3.12. The first-order chi connectivity index (χ1) is 7.36. The molecule has 15 heavy (non-hydrogen) atoms. The SMILES string of the molecule is NCCN1CC2(CCC2)c2ccccc21. The highest BCUT2D eigenvalue weighted by atomic mass is 15.2. The van der Waals surface area contributed by atoms with Crippen molar-refractivity contribution in [1.82, 2.24) is 0 Å². The molecule has 2 aliphatic rings. The lowest BCUT2D eigenvalue weighted by Crippen LogP contribution is -2.40. The highest BCUT2D eigenvalue weighted by molar-refractivity contribution is 5.63. The van der Waals surface area contributed by atoms with Crippen LogP contribution in [0.15, 0.2) is 24.3 Å². The summed E-state index contributed by atoms with van der Waals surface area (Å²) in [6.07, 6.45) is 4.13. The second-order valence-electron chi connectivity index (χ2n) is 4.86. The van der Waals surface area contributed by atoms with E-state index in [1.165, 1.54) is 31.5 Å². The van der Waals surface area contributed by atoms with E-state index in [9.17, 15) is 0 Å². The standard InChI is InChI=1S/C13H18N2/c14-8-9-15-10-13(6-3-7-13)11-4-1-2-5-12(11)15/h1-2,4-5H,3,6-10,14H2. The molecule has 2 nitrogen and oxygen atoms in total. The molecule has 1 aliphatic heterocycles. The van der Waals surface area contributed by atoms with E-state index in [1.807, 2.05) is 0 Å². The average molecular weight is 202 g/mol. The summed E-state index contributed by atoms with van der Waals surface area (Å²) in [6.45, 7) is 2.95. The Hall–Kier alpha value is -1.02. The minimum absolute atomic E-state index is 0.492. The monoisotopic (exact) mass is 202 g/mol. The predicted molar refractivity (Wildman–Crippen MR) is 63.2 cm³/mol. The van der Waals surface area contributed by atoms with E-state index in [-0.39, 0.29) is 0 Å². The van der Waals surface area contributed by atoms with Gasteiger partial charge in [-0.05, 0) is 24.5 Å². The normalized spacial score (nSPS) is 21.5. The van der Waals surface area contributed by atoms with Crippen LogP contribution in [0, 0.1) is 0 Å². The first-order valence-electron chi connectivity index (χ1n) is 5.90. The lowest BCUT2D eigenvalue weighted by Gasteiger charge is -2.39. The summed E-state index contributed by atoms with van der Waals surface area (Å²) in [6, 6.07) is 8.87. The molecule has 1 aromatic carbocycles. The Labute approximate surface area is 91.1 Å². The van der Waals surface area contributed by atoms with Crippen LogP contribution in [0.4, 0.5) is 5.69 Å². The predicted octanol–water partition coefficient (Wildman–Crippen LogP) is 1.89. The minimum atomic E-state index is 0.492. The number of nitrogens with two attached hydrogens (primary N) is 1. The number of hydrogen-bond donors (Lipinski definition) is 1. The van der Waals surface area contributed by atoms with Crippen LogP contribution < -0.4 is 10.6 Å². The summed E-state index contributed by atoms with van der Waals surface area (Å²) in [4.78, 5) is 2.47. The molecular formula is C13H18N2. The van der Waals surface area contributed by atoms with Crippen LogP contribution in [0.5, 0.6) is 0 Å². The van der Waals surface area contributed by atoms with Crippen LogP contribution in [0.3, 0.4) is 0 Å². The number of para-hydroxylation sites is 1. The highest BCUT2D eigenvalue weighted by Gasteiger charge is 2.46. The number of benzene rings is 1. The number of anilines is 1. The molecule has 1 saturated carbocycles. The molecule has 1 heterocycles. The second kappa shape index (κ2) is 3.24. The van der Waals surface area contributed by atoms with Crippen LogP contribution in [-0.4, -0.2) is 19.6 Å². The summed E-state index contributed by atoms with van der Waals surface area (Å²) in [5.41, 5.74) is 9.17. The van der Waals surface area contributed by atoms with Crippen LogP contribution in [-0.2, 0) is 5.41 Å². The summed E-state index contributed by atoms with van der Waals surface area (Å²) in [5, 5.41) is 0. The van der Waals surface area contributed by atoms with Gasteiger partial charge in [0.15, 0.2) is 0 Å². The molecule has 3 rings (SSSR count). The fraction of sp³-hybridized carbons (Fsp3) is 0.538. The van der Waals surface area contributed by atoms with Gasteiger partial charge in [-0.25, -0.2) is 0 Å². The molecule has 1 spiro atoms. The van der Waals surface area contributed by atoms with Gasteiger partial charge in [0.25, 0.3) is 0 Å². The van der Waals surface area contributed by atoms with Crippen LogP contribution in [0.1, 0.15) is 24.8 Å². The Morgan fingerprint density at radius 2 is 2.07 bits per heavy atom. The lowest BCUT2D eigenvalue weighted by atomic mass is 9.66. The Morgan fingerprint density at radius 1 is 1.27 bits per heavy atom. The van der Waals surface area contributed by atoms with Crippen molar-refractivity contribution in [2.45, 2.75) is 24.7 Å². The van der Waals surface area contributed by atoms with Gasteiger partial charge in [-0.2, -0.15) is 0 Å². The topological polar surface area (TPSA) is 29.3 Å². The molecule has 0 bridgehead atoms. The smallest absolute Gasteiger partial charge is 0.0405 e. The number of rotatable bonds is 2. The first kappa shape index (κ1) is 9.22. The quantitative estimate of drug-likeness (QED) is 0.793. The van der Waals surface area contributed by atoms with Crippen molar-refractivity contribution in [1.29, 1.82) is 0 Å². The zero-order valence-electron chi connectivity index (χ0n) is 9.08. The van der Waals surface area contributed by atoms with E-state index in [0.717, 1.165) is 13.1 Å². The third-order valence-corrected chi connectivity index (χ3v) is 4.02. The minimum Gasteiger partial charge on any atom is -0.369 e. The van der Waals surface area contributed by atoms with Crippen molar-refractivity contribution in [3.8, 4) is 0 Å². The van der Waals surface area contributed by atoms with Gasteiger partial charge in [-0.1, -0.05) is 24.6 Å². The molecule has 1 fully saturated rings. The van der Waals surface area contributed by atoms with E-state index in [4.69, 9.17) is 5.73 Å². The van der Waals surface area contributed by atoms with Crippen molar-refractivity contribution >= 4 is 5.69 Å². The zero-order chi connectivity index (χ0) is 10.3. The number of hydrogen-bond acceptors (Lipinski definition) is 2. The molecular weight excluding hydrogens is 184 g/mol. The van der Waals surface area contributed by atoms with E-state index >= 15 is 0 Å². The van der Waals surface area contributed by atoms with Crippen molar-refractivity contribution in [2.75, 3.05) is 24.5 Å². The Kier molecular flexibility index (Phi) is 1.99. The molecule has 0 saturated heterocycles. The fourth-order valence-corrected chi connectivity index (χ4v) is 3.12. The van der Waals surface area contributed by atoms with Gasteiger partial charge in [0.1, 0.15) is 0 Å². The maximum atomic E-state index is 5.67. The van der Waals surface area contributed by atoms with E-state index in [2.05, 4.69) is 29.2 Å². The molecule has 2 heteroatoms. The van der Waals surface area contributed by atoms with Crippen LogP contribution in [0.2, 0.25) is 0 Å². The Morgan fingerprint density at radius 3 is 2.73 bits per heavy atom. The molecule has 0 radical (unpaired) electrons. The van der Waals surface area contributed by atoms with E-state index < -0.39 is 0 Å². The summed E-state index contributed by atoms with van der Waals surface area (Å²) in [7, 11) is 0. The number of fused-ring (bicyclic) bond motifs is 2. The molecule has 2 N–H and O–H groups in total. The maximum absolute atomic E-state index is 5.67. The molecule has 0 amide bonds. The van der Waals surface area contributed by atoms with Crippen molar-refractivity contribution < 1.29 is 0 Å². The van der Waals surface area contributed by atoms with Gasteiger partial charge in [0, 0.05) is 30.7 Å². The van der Waals surface area contributed by atoms with Crippen LogP contribution >= 0.6 is 0 Å². The van der Waals surface area contributed by atoms with E-state index in [0.29, 0.717) is 5.41 Å². The van der Waals surface area contributed by atoms with Crippen molar-refractivity contribution in [2.24, 2.45) is 5.73 Å². The Bertz CT molecular complexity index is 369. The average Bonchev–Trinajstić information content (AvgIpc) is 2.54. The van der Waals surface area contributed by atoms with Gasteiger partial charge in [0.05, 0.1) is 0 Å². The molecule has 80 valence electrons. The Balaban J connectivity index is 2.00. The van der Waals surface area contributed by atoms with Gasteiger partial charge < -0.3 is 10.6 Å². The largest absolute Gasteiger partial charge is 0.369 e. The van der Waals surface area contributed by atoms with Gasteiger partial charge in [0.2, 0.25) is 0 Å². The van der Waals surface area contributed by atoms with Crippen LogP contribution in [0.25, 0.3) is 0 Å². The third kappa shape index (κ3) is 1.21. The highest BCUT2D eigenvalue weighted by Crippen LogP contribution is 2.52. The molecule has 0 atom stereocenters. The summed E-state index contributed by atoms with van der Waals surface area (Å²) in [5.74, 6) is 0. The summed E-state index contributed by atoms with van der Waals surface area (Å²) < 4.78 is 0. The second-order valence-corrected chi connectivity index (χ2v) is 4.86. The molecule has 1 aromatic rings. The van der Waals surface area contributed by atoms with Crippen molar-refractivity contribution in [3.05, 3.63) is 29.8 Å². The van der Waals surface area contributed by atoms with Crippen molar-refractivity contribution in [3.63, 3.8) is 0 Å². The van der Waals surface area contributed by atoms with Gasteiger partial charge in [-0.15, -0.1) is 0 Å². The summed E-state index contributed by atoms with van der Waals surface area (Å²) >= 11 is 0. The molecule has 1 aliphatic carbocycles. The first-order valence-corrected chi connectivity index (χ1v) is 5.90. The lowest BCUT2D eigenvalue weighted by molar-refractivity contribution is 0.263. The zero-order valence-corrected chi connectivity index (χ0v) is 9.08.